The first-order valence-electron chi connectivity index (χ1n) is 7.91. The summed E-state index contributed by atoms with van der Waals surface area (Å²) in [4.78, 5) is 23.8. The van der Waals surface area contributed by atoms with Crippen LogP contribution in [-0.4, -0.2) is 46.7 Å². The normalized spacial score (nSPS) is 11.3. The lowest BCUT2D eigenvalue weighted by atomic mass is 10.3. The third kappa shape index (κ3) is 6.31. The number of nitrogens with one attached hydrogen (secondary N) is 1. The number of halogens is 3. The van der Waals surface area contributed by atoms with Crippen LogP contribution in [0.1, 0.15) is 11.4 Å². The minimum Gasteiger partial charge on any atom is -0.455 e. The summed E-state index contributed by atoms with van der Waals surface area (Å²) in [5.74, 6) is -1.79. The number of aromatic nitrogens is 2. The van der Waals surface area contributed by atoms with Crippen LogP contribution >= 0.6 is 11.8 Å². The highest BCUT2D eigenvalue weighted by Crippen LogP contribution is 2.27. The van der Waals surface area contributed by atoms with E-state index in [2.05, 4.69) is 5.10 Å². The van der Waals surface area contributed by atoms with Crippen molar-refractivity contribution in [3.05, 3.63) is 41.7 Å². The van der Waals surface area contributed by atoms with E-state index >= 15 is 0 Å². The second kappa shape index (κ2) is 8.94. The van der Waals surface area contributed by atoms with E-state index in [4.69, 9.17) is 4.74 Å². The first-order chi connectivity index (χ1) is 12.7. The Kier molecular flexibility index (Phi) is 6.89. The predicted octanol–water partition coefficient (Wildman–Crippen LogP) is 2.80. The topological polar surface area (TPSA) is 73.2 Å². The Labute approximate surface area is 158 Å². The van der Waals surface area contributed by atoms with Gasteiger partial charge in [-0.05, 0) is 26.0 Å². The molecule has 0 radical (unpaired) electrons. The number of ether oxygens (including phenoxy) is 1. The van der Waals surface area contributed by atoms with Crippen molar-refractivity contribution in [2.75, 3.05) is 18.9 Å². The van der Waals surface area contributed by atoms with Gasteiger partial charge in [0.2, 0.25) is 0 Å². The van der Waals surface area contributed by atoms with E-state index < -0.39 is 31.2 Å². The van der Waals surface area contributed by atoms with Crippen molar-refractivity contribution in [2.24, 2.45) is 0 Å². The average Bonchev–Trinajstić information content (AvgIpc) is 2.90. The second-order valence-electron chi connectivity index (χ2n) is 5.59. The van der Waals surface area contributed by atoms with Gasteiger partial charge in [0.05, 0.1) is 27.7 Å². The van der Waals surface area contributed by atoms with Gasteiger partial charge in [-0.15, -0.1) is 11.8 Å². The number of carbonyl (C=O) groups is 2. The second-order valence-corrected chi connectivity index (χ2v) is 6.57. The maximum atomic E-state index is 12.0. The summed E-state index contributed by atoms with van der Waals surface area (Å²) in [5.41, 5.74) is 2.46. The quantitative estimate of drug-likeness (QED) is 0.571. The molecule has 1 amide bonds. The van der Waals surface area contributed by atoms with Gasteiger partial charge in [0.25, 0.3) is 5.91 Å². The number of alkyl halides is 3. The molecule has 1 aromatic heterocycles. The van der Waals surface area contributed by atoms with Crippen LogP contribution in [0.15, 0.2) is 35.2 Å². The van der Waals surface area contributed by atoms with Crippen LogP contribution in [0.2, 0.25) is 0 Å². The molecule has 1 N–H and O–H groups in total. The molecule has 6 nitrogen and oxygen atoms in total. The molecule has 0 saturated carbocycles. The van der Waals surface area contributed by atoms with Gasteiger partial charge in [-0.3, -0.25) is 9.59 Å². The number of aryl methyl sites for hydroxylation is 1. The molecule has 10 heteroatoms. The lowest BCUT2D eigenvalue weighted by Crippen LogP contribution is -2.36. The summed E-state index contributed by atoms with van der Waals surface area (Å²) >= 11 is 1.20. The number of rotatable bonds is 7. The summed E-state index contributed by atoms with van der Waals surface area (Å²) < 4.78 is 42.4. The van der Waals surface area contributed by atoms with Crippen molar-refractivity contribution in [3.63, 3.8) is 0 Å². The van der Waals surface area contributed by atoms with E-state index in [0.717, 1.165) is 22.0 Å². The molecule has 0 bridgehead atoms. The SMILES string of the molecule is Cc1nn(-c2ccccc2)c(C)c1SCC(=O)OCC(=O)NCC(F)(F)F. The maximum absolute atomic E-state index is 12.0. The number of para-hydroxylation sites is 1. The van der Waals surface area contributed by atoms with Crippen molar-refractivity contribution in [3.8, 4) is 5.69 Å². The third-order valence-corrected chi connectivity index (χ3v) is 4.67. The van der Waals surface area contributed by atoms with Crippen molar-refractivity contribution >= 4 is 23.6 Å². The molecule has 146 valence electrons. The minimum atomic E-state index is -4.51. The van der Waals surface area contributed by atoms with E-state index in [1.54, 1.807) is 10.00 Å². The number of carbonyl (C=O) groups excluding carboxylic acids is 2. The van der Waals surface area contributed by atoms with Gasteiger partial charge < -0.3 is 10.1 Å². The molecule has 0 unspecified atom stereocenters. The number of thioether (sulfide) groups is 1. The highest BCUT2D eigenvalue weighted by molar-refractivity contribution is 8.00. The van der Waals surface area contributed by atoms with Crippen molar-refractivity contribution in [1.29, 1.82) is 0 Å². The molecular formula is C17H18F3N3O3S. The van der Waals surface area contributed by atoms with Crippen LogP contribution in [0.3, 0.4) is 0 Å². The molecule has 2 aromatic rings. The first kappa shape index (κ1) is 20.8. The minimum absolute atomic E-state index is 0.0886. The lowest BCUT2D eigenvalue weighted by molar-refractivity contribution is -0.149. The van der Waals surface area contributed by atoms with Crippen LogP contribution in [-0.2, 0) is 14.3 Å². The summed E-state index contributed by atoms with van der Waals surface area (Å²) in [7, 11) is 0. The fourth-order valence-electron chi connectivity index (χ4n) is 2.23. The number of hydrogen-bond donors (Lipinski definition) is 1. The standard InChI is InChI=1S/C17H18F3N3O3S/c1-11-16(12(2)23(22-11)13-6-4-3-5-7-13)27-9-15(25)26-8-14(24)21-10-17(18,19)20/h3-7H,8-10H2,1-2H3,(H,21,24). The highest BCUT2D eigenvalue weighted by atomic mass is 32.2. The van der Waals surface area contributed by atoms with Gasteiger partial charge in [-0.2, -0.15) is 18.3 Å². The maximum Gasteiger partial charge on any atom is 0.405 e. The Bertz CT molecular complexity index is 807. The Morgan fingerprint density at radius 2 is 1.89 bits per heavy atom. The third-order valence-electron chi connectivity index (χ3n) is 3.41. The van der Waals surface area contributed by atoms with Crippen LogP contribution in [0.25, 0.3) is 5.69 Å². The number of nitrogens with zero attached hydrogens (tertiary/aromatic N) is 2. The van der Waals surface area contributed by atoms with Gasteiger partial charge in [0.1, 0.15) is 6.54 Å². The van der Waals surface area contributed by atoms with Crippen molar-refractivity contribution < 1.29 is 27.5 Å². The van der Waals surface area contributed by atoms with Gasteiger partial charge in [-0.1, -0.05) is 18.2 Å². The zero-order chi connectivity index (χ0) is 20.0. The molecule has 0 aliphatic carbocycles. The van der Waals surface area contributed by atoms with Crippen molar-refractivity contribution in [1.82, 2.24) is 15.1 Å². The van der Waals surface area contributed by atoms with Crippen LogP contribution in [0.4, 0.5) is 13.2 Å². The highest BCUT2D eigenvalue weighted by Gasteiger charge is 2.27. The first-order valence-corrected chi connectivity index (χ1v) is 8.89. The van der Waals surface area contributed by atoms with E-state index in [-0.39, 0.29) is 5.75 Å². The summed E-state index contributed by atoms with van der Waals surface area (Å²) in [6, 6.07) is 9.48. The number of benzene rings is 1. The van der Waals surface area contributed by atoms with Gasteiger partial charge in [-0.25, -0.2) is 4.68 Å². The summed E-state index contributed by atoms with van der Waals surface area (Å²) in [6.07, 6.45) is -4.51. The molecule has 0 atom stereocenters. The molecule has 0 fully saturated rings. The molecule has 1 heterocycles. The van der Waals surface area contributed by atoms with Crippen molar-refractivity contribution in [2.45, 2.75) is 24.9 Å². The molecule has 0 saturated heterocycles. The Hall–Kier alpha value is -2.49. The Balaban J connectivity index is 1.87. The van der Waals surface area contributed by atoms with Crippen LogP contribution < -0.4 is 5.32 Å². The average molecular weight is 401 g/mol. The molecule has 1 aromatic carbocycles. The summed E-state index contributed by atoms with van der Waals surface area (Å²) in [6.45, 7) is 1.46. The van der Waals surface area contributed by atoms with E-state index in [1.807, 2.05) is 44.2 Å². The van der Waals surface area contributed by atoms with E-state index in [9.17, 15) is 22.8 Å². The Morgan fingerprint density at radius 1 is 1.22 bits per heavy atom. The predicted molar refractivity (Wildman–Crippen MR) is 93.8 cm³/mol. The van der Waals surface area contributed by atoms with Gasteiger partial charge in [0, 0.05) is 0 Å². The molecule has 27 heavy (non-hydrogen) atoms. The van der Waals surface area contributed by atoms with Gasteiger partial charge in [0.15, 0.2) is 6.61 Å². The molecule has 0 spiro atoms. The monoisotopic (exact) mass is 401 g/mol. The molecule has 0 aliphatic rings. The molecule has 0 aliphatic heterocycles. The lowest BCUT2D eigenvalue weighted by Gasteiger charge is -2.09. The Morgan fingerprint density at radius 3 is 2.52 bits per heavy atom. The van der Waals surface area contributed by atoms with E-state index in [0.29, 0.717) is 0 Å². The van der Waals surface area contributed by atoms with E-state index in [1.165, 1.54) is 11.8 Å². The number of hydrogen-bond acceptors (Lipinski definition) is 5. The van der Waals surface area contributed by atoms with Gasteiger partial charge >= 0.3 is 12.1 Å². The summed E-state index contributed by atoms with van der Waals surface area (Å²) in [5, 5.41) is 6.08. The fourth-order valence-corrected chi connectivity index (χ4v) is 3.12. The zero-order valence-electron chi connectivity index (χ0n) is 14.7. The number of esters is 1. The largest absolute Gasteiger partial charge is 0.455 e. The molecular weight excluding hydrogens is 383 g/mol. The number of amides is 1. The fraction of sp³-hybridized carbons (Fsp3) is 0.353. The molecule has 2 rings (SSSR count). The smallest absolute Gasteiger partial charge is 0.405 e. The van der Waals surface area contributed by atoms with Crippen LogP contribution in [0.5, 0.6) is 0 Å². The zero-order valence-corrected chi connectivity index (χ0v) is 15.5. The van der Waals surface area contributed by atoms with Crippen LogP contribution in [0, 0.1) is 13.8 Å².